The van der Waals surface area contributed by atoms with Gasteiger partial charge in [-0.15, -0.1) is 11.3 Å². The number of ether oxygens (including phenoxy) is 1. The highest BCUT2D eigenvalue weighted by Crippen LogP contribution is 2.38. The van der Waals surface area contributed by atoms with E-state index in [-0.39, 0.29) is 5.91 Å². The molecule has 10 heteroatoms. The van der Waals surface area contributed by atoms with Crippen molar-refractivity contribution in [3.63, 3.8) is 0 Å². The van der Waals surface area contributed by atoms with Gasteiger partial charge in [0.2, 0.25) is 5.91 Å². The van der Waals surface area contributed by atoms with Crippen molar-refractivity contribution in [2.75, 3.05) is 32.5 Å². The second kappa shape index (κ2) is 10.5. The molecule has 5 aromatic rings. The van der Waals surface area contributed by atoms with Crippen LogP contribution in [0.2, 0.25) is 0 Å². The maximum atomic E-state index is 12.7. The van der Waals surface area contributed by atoms with Crippen molar-refractivity contribution in [3.05, 3.63) is 83.4 Å². The van der Waals surface area contributed by atoms with Gasteiger partial charge in [-0.2, -0.15) is 0 Å². The molecule has 0 saturated heterocycles. The summed E-state index contributed by atoms with van der Waals surface area (Å²) in [6.45, 7) is 4.03. The average Bonchev–Trinajstić information content (AvgIpc) is 3.54. The molecule has 0 bridgehead atoms. The Morgan fingerprint density at radius 3 is 2.92 bits per heavy atom. The highest BCUT2D eigenvalue weighted by atomic mass is 32.1. The van der Waals surface area contributed by atoms with E-state index in [1.54, 1.807) is 29.9 Å². The molecule has 1 aliphatic heterocycles. The summed E-state index contributed by atoms with van der Waals surface area (Å²) in [4.78, 5) is 32.2. The molecule has 1 amide bonds. The summed E-state index contributed by atoms with van der Waals surface area (Å²) in [5, 5.41) is 4.54. The van der Waals surface area contributed by atoms with Gasteiger partial charge in [-0.3, -0.25) is 4.79 Å². The van der Waals surface area contributed by atoms with E-state index in [2.05, 4.69) is 26.3 Å². The molecule has 1 aromatic carbocycles. The number of nitrogens with zero attached hydrogens (tertiary/aromatic N) is 6. The van der Waals surface area contributed by atoms with E-state index in [1.165, 1.54) is 10.4 Å². The number of anilines is 2. The lowest BCUT2D eigenvalue weighted by molar-refractivity contribution is -0.126. The number of carbonyl (C=O) groups is 1. The quantitative estimate of drug-likeness (QED) is 0.285. The second-order valence-corrected chi connectivity index (χ2v) is 10.9. The predicted octanol–water partition coefficient (Wildman–Crippen LogP) is 5.19. The number of nitrogens with one attached hydrogen (secondary N) is 1. The SMILES string of the molecule is Cc1cc(Nc2ncnc3sc4c(c23)CCN(C(=O)/C=C/CN(C)C)C4)ccc1Oc1ccn2ccnc2c1. The van der Waals surface area contributed by atoms with Crippen LogP contribution in [0.25, 0.3) is 15.9 Å². The summed E-state index contributed by atoms with van der Waals surface area (Å²) in [5.41, 5.74) is 3.98. The number of pyridine rings is 1. The summed E-state index contributed by atoms with van der Waals surface area (Å²) >= 11 is 1.64. The largest absolute Gasteiger partial charge is 0.457 e. The van der Waals surface area contributed by atoms with E-state index < -0.39 is 0 Å². The average molecular weight is 540 g/mol. The number of imidazole rings is 1. The number of likely N-dealkylation sites (N-methyl/N-ethyl adjacent to an activating group) is 1. The molecule has 6 rings (SSSR count). The van der Waals surface area contributed by atoms with E-state index >= 15 is 0 Å². The molecular formula is C29H29N7O2S. The minimum absolute atomic E-state index is 0.0480. The molecule has 1 aliphatic rings. The Morgan fingerprint density at radius 2 is 2.08 bits per heavy atom. The Hall–Kier alpha value is -4.28. The van der Waals surface area contributed by atoms with Crippen molar-refractivity contribution in [2.45, 2.75) is 19.9 Å². The van der Waals surface area contributed by atoms with Crippen LogP contribution in [-0.4, -0.2) is 62.2 Å². The normalized spacial score (nSPS) is 13.5. The van der Waals surface area contributed by atoms with E-state index in [1.807, 2.05) is 78.0 Å². The fourth-order valence-corrected chi connectivity index (χ4v) is 5.94. The number of carbonyl (C=O) groups excluding carboxylic acids is 1. The van der Waals surface area contributed by atoms with Gasteiger partial charge in [0.05, 0.1) is 11.9 Å². The lowest BCUT2D eigenvalue weighted by Crippen LogP contribution is -2.34. The zero-order chi connectivity index (χ0) is 26.9. The summed E-state index contributed by atoms with van der Waals surface area (Å²) in [6, 6.07) is 9.84. The van der Waals surface area contributed by atoms with Crippen molar-refractivity contribution in [1.82, 2.24) is 29.2 Å². The fourth-order valence-electron chi connectivity index (χ4n) is 4.74. The van der Waals surface area contributed by atoms with Crippen LogP contribution in [0.3, 0.4) is 0 Å². The number of aryl methyl sites for hydroxylation is 1. The van der Waals surface area contributed by atoms with Crippen LogP contribution in [0.1, 0.15) is 16.0 Å². The van der Waals surface area contributed by atoms with Crippen LogP contribution in [-0.2, 0) is 17.8 Å². The van der Waals surface area contributed by atoms with Gasteiger partial charge >= 0.3 is 0 Å². The molecule has 0 unspecified atom stereocenters. The maximum Gasteiger partial charge on any atom is 0.246 e. The Morgan fingerprint density at radius 1 is 1.18 bits per heavy atom. The Bertz CT molecular complexity index is 1700. The third-order valence-corrected chi connectivity index (χ3v) is 7.84. The summed E-state index contributed by atoms with van der Waals surface area (Å²) in [5.74, 6) is 2.34. The van der Waals surface area contributed by atoms with Gasteiger partial charge < -0.3 is 24.3 Å². The molecule has 0 radical (unpaired) electrons. The number of amides is 1. The molecular weight excluding hydrogens is 510 g/mol. The van der Waals surface area contributed by atoms with Crippen molar-refractivity contribution in [2.24, 2.45) is 0 Å². The molecule has 4 aromatic heterocycles. The highest BCUT2D eigenvalue weighted by molar-refractivity contribution is 7.19. The minimum Gasteiger partial charge on any atom is -0.457 e. The molecule has 0 atom stereocenters. The lowest BCUT2D eigenvalue weighted by atomic mass is 10.0. The van der Waals surface area contributed by atoms with Gasteiger partial charge in [0, 0.05) is 54.4 Å². The monoisotopic (exact) mass is 539 g/mol. The third kappa shape index (κ3) is 5.21. The first kappa shape index (κ1) is 25.0. The van der Waals surface area contributed by atoms with E-state index in [9.17, 15) is 4.79 Å². The Kier molecular flexibility index (Phi) is 6.72. The molecule has 5 heterocycles. The molecule has 0 spiro atoms. The van der Waals surface area contributed by atoms with Crippen molar-refractivity contribution >= 4 is 44.6 Å². The van der Waals surface area contributed by atoms with Gasteiger partial charge in [-0.1, -0.05) is 6.08 Å². The second-order valence-electron chi connectivity index (χ2n) is 9.84. The first-order valence-corrected chi connectivity index (χ1v) is 13.6. The third-order valence-electron chi connectivity index (χ3n) is 6.71. The number of fused-ring (bicyclic) bond motifs is 4. The molecule has 0 saturated carbocycles. The van der Waals surface area contributed by atoms with Gasteiger partial charge in [0.1, 0.15) is 34.1 Å². The fraction of sp³-hybridized carbons (Fsp3) is 0.241. The van der Waals surface area contributed by atoms with Crippen LogP contribution in [0, 0.1) is 6.92 Å². The Labute approximate surface area is 230 Å². The highest BCUT2D eigenvalue weighted by Gasteiger charge is 2.25. The molecule has 1 N–H and O–H groups in total. The van der Waals surface area contributed by atoms with Crippen LogP contribution in [0.15, 0.2) is 67.4 Å². The van der Waals surface area contributed by atoms with Gasteiger partial charge in [0.15, 0.2) is 0 Å². The van der Waals surface area contributed by atoms with Crippen molar-refractivity contribution < 1.29 is 9.53 Å². The topological polar surface area (TPSA) is 87.9 Å². The lowest BCUT2D eigenvalue weighted by Gasteiger charge is -2.26. The number of rotatable bonds is 7. The summed E-state index contributed by atoms with van der Waals surface area (Å²) < 4.78 is 8.09. The van der Waals surface area contributed by atoms with Crippen LogP contribution >= 0.6 is 11.3 Å². The smallest absolute Gasteiger partial charge is 0.246 e. The molecule has 0 aliphatic carbocycles. The van der Waals surface area contributed by atoms with Crippen LogP contribution < -0.4 is 10.1 Å². The molecule has 39 heavy (non-hydrogen) atoms. The first-order chi connectivity index (χ1) is 18.9. The van der Waals surface area contributed by atoms with E-state index in [0.717, 1.165) is 57.4 Å². The molecule has 9 nitrogen and oxygen atoms in total. The maximum absolute atomic E-state index is 12.7. The van der Waals surface area contributed by atoms with Crippen LogP contribution in [0.5, 0.6) is 11.5 Å². The summed E-state index contributed by atoms with van der Waals surface area (Å²) in [7, 11) is 3.97. The number of hydrogen-bond donors (Lipinski definition) is 1. The Balaban J connectivity index is 1.20. The molecule has 0 fully saturated rings. The number of benzene rings is 1. The van der Waals surface area contributed by atoms with Crippen molar-refractivity contribution in [1.29, 1.82) is 0 Å². The van der Waals surface area contributed by atoms with E-state index in [0.29, 0.717) is 13.1 Å². The van der Waals surface area contributed by atoms with Crippen LogP contribution in [0.4, 0.5) is 11.5 Å². The zero-order valence-electron chi connectivity index (χ0n) is 22.1. The standard InChI is InChI=1S/C29H29N7O2S/c1-19-15-20(6-7-23(19)38-21-8-12-35-14-10-30-25(35)16-21)33-28-27-22-9-13-36(26(37)5-4-11-34(2)3)17-24(22)39-29(27)32-18-31-28/h4-8,10,12,14-16,18H,9,11,13,17H2,1-3H3,(H,31,32,33)/b5-4+. The van der Waals surface area contributed by atoms with Gasteiger partial charge in [0.25, 0.3) is 0 Å². The zero-order valence-corrected chi connectivity index (χ0v) is 22.9. The molecule has 198 valence electrons. The predicted molar refractivity (Wildman–Crippen MR) is 154 cm³/mol. The van der Waals surface area contributed by atoms with Gasteiger partial charge in [-0.25, -0.2) is 15.0 Å². The number of aromatic nitrogens is 4. The minimum atomic E-state index is 0.0480. The first-order valence-electron chi connectivity index (χ1n) is 12.8. The van der Waals surface area contributed by atoms with Gasteiger partial charge in [-0.05, 0) is 62.8 Å². The summed E-state index contributed by atoms with van der Waals surface area (Å²) in [6.07, 6.45) is 11.6. The van der Waals surface area contributed by atoms with E-state index in [4.69, 9.17) is 4.74 Å². The number of thiophene rings is 1. The van der Waals surface area contributed by atoms with Crippen molar-refractivity contribution in [3.8, 4) is 11.5 Å². The number of hydrogen-bond acceptors (Lipinski definition) is 8.